The second kappa shape index (κ2) is 6.13. The molecule has 1 rings (SSSR count). The van der Waals surface area contributed by atoms with Gasteiger partial charge in [-0.05, 0) is 12.8 Å². The molecule has 94 valence electrons. The van der Waals surface area contributed by atoms with Crippen molar-refractivity contribution in [3.05, 3.63) is 0 Å². The van der Waals surface area contributed by atoms with Crippen molar-refractivity contribution in [3.8, 4) is 0 Å². The van der Waals surface area contributed by atoms with E-state index in [2.05, 4.69) is 5.32 Å². The minimum absolute atomic E-state index is 0.128. The van der Waals surface area contributed by atoms with Gasteiger partial charge in [-0.15, -0.1) is 0 Å². The molecule has 0 heterocycles. The van der Waals surface area contributed by atoms with Gasteiger partial charge in [-0.3, -0.25) is 4.79 Å². The van der Waals surface area contributed by atoms with E-state index in [1.54, 1.807) is 0 Å². The lowest BCUT2D eigenvalue weighted by atomic mass is 9.99. The minimum Gasteiger partial charge on any atom is -0.390 e. The van der Waals surface area contributed by atoms with E-state index in [0.29, 0.717) is 0 Å². The molecule has 0 spiro atoms. The van der Waals surface area contributed by atoms with Gasteiger partial charge in [0.25, 0.3) is 5.92 Å². The number of hydrogen-bond donors (Lipinski definition) is 2. The Morgan fingerprint density at radius 3 is 2.31 bits per heavy atom. The number of aliphatic hydroxyl groups is 1. The molecule has 1 fully saturated rings. The standard InChI is InChI=1S/C11H19F2NO2/c12-11(13,8-15)7-14-10(16)9-5-3-1-2-4-6-9/h9,15H,1-8H2,(H,14,16). The van der Waals surface area contributed by atoms with Gasteiger partial charge >= 0.3 is 0 Å². The molecule has 1 saturated carbocycles. The lowest BCUT2D eigenvalue weighted by Gasteiger charge is -2.17. The molecule has 0 bridgehead atoms. The fourth-order valence-corrected chi connectivity index (χ4v) is 1.96. The fourth-order valence-electron chi connectivity index (χ4n) is 1.96. The summed E-state index contributed by atoms with van der Waals surface area (Å²) in [5.41, 5.74) is 0. The molecule has 0 saturated heterocycles. The van der Waals surface area contributed by atoms with E-state index < -0.39 is 19.1 Å². The molecule has 1 aliphatic carbocycles. The number of carbonyl (C=O) groups excluding carboxylic acids is 1. The van der Waals surface area contributed by atoms with Gasteiger partial charge in [0.1, 0.15) is 6.61 Å². The lowest BCUT2D eigenvalue weighted by molar-refractivity contribution is -0.128. The third kappa shape index (κ3) is 4.43. The van der Waals surface area contributed by atoms with Crippen molar-refractivity contribution in [1.82, 2.24) is 5.32 Å². The Labute approximate surface area is 94.2 Å². The summed E-state index contributed by atoms with van der Waals surface area (Å²) in [5, 5.41) is 10.6. The summed E-state index contributed by atoms with van der Waals surface area (Å²) in [6.07, 6.45) is 5.81. The van der Waals surface area contributed by atoms with Crippen LogP contribution in [0.1, 0.15) is 38.5 Å². The zero-order valence-electron chi connectivity index (χ0n) is 9.35. The molecular formula is C11H19F2NO2. The van der Waals surface area contributed by atoms with Gasteiger partial charge < -0.3 is 10.4 Å². The topological polar surface area (TPSA) is 49.3 Å². The van der Waals surface area contributed by atoms with Crippen LogP contribution in [0, 0.1) is 5.92 Å². The van der Waals surface area contributed by atoms with E-state index in [4.69, 9.17) is 5.11 Å². The first kappa shape index (κ1) is 13.4. The maximum atomic E-state index is 12.7. The van der Waals surface area contributed by atoms with Crippen LogP contribution in [0.3, 0.4) is 0 Å². The summed E-state index contributed by atoms with van der Waals surface area (Å²) < 4.78 is 25.4. The maximum absolute atomic E-state index is 12.7. The van der Waals surface area contributed by atoms with E-state index >= 15 is 0 Å². The third-order valence-corrected chi connectivity index (χ3v) is 2.98. The Kier molecular flexibility index (Phi) is 5.12. The van der Waals surface area contributed by atoms with Crippen molar-refractivity contribution in [1.29, 1.82) is 0 Å². The summed E-state index contributed by atoms with van der Waals surface area (Å²) in [5.74, 6) is -3.63. The Balaban J connectivity index is 2.33. The summed E-state index contributed by atoms with van der Waals surface area (Å²) in [4.78, 5) is 11.6. The zero-order chi connectivity index (χ0) is 12.0. The van der Waals surface area contributed by atoms with Crippen LogP contribution in [0.5, 0.6) is 0 Å². The van der Waals surface area contributed by atoms with Gasteiger partial charge in [-0.2, -0.15) is 0 Å². The highest BCUT2D eigenvalue weighted by molar-refractivity contribution is 5.78. The number of rotatable bonds is 4. The van der Waals surface area contributed by atoms with Crippen molar-refractivity contribution in [2.75, 3.05) is 13.2 Å². The molecular weight excluding hydrogens is 216 g/mol. The maximum Gasteiger partial charge on any atom is 0.287 e. The van der Waals surface area contributed by atoms with E-state index in [-0.39, 0.29) is 11.8 Å². The van der Waals surface area contributed by atoms with Crippen molar-refractivity contribution in [2.24, 2.45) is 5.92 Å². The molecule has 0 aromatic rings. The van der Waals surface area contributed by atoms with Crippen LogP contribution in [0.15, 0.2) is 0 Å². The first-order valence-electron chi connectivity index (χ1n) is 5.81. The molecule has 0 radical (unpaired) electrons. The minimum atomic E-state index is -3.21. The Bertz CT molecular complexity index is 226. The lowest BCUT2D eigenvalue weighted by Crippen LogP contribution is -2.41. The molecule has 2 N–H and O–H groups in total. The average Bonchev–Trinajstić information content (AvgIpc) is 2.54. The molecule has 0 unspecified atom stereocenters. The van der Waals surface area contributed by atoms with Crippen LogP contribution >= 0.6 is 0 Å². The summed E-state index contributed by atoms with van der Waals surface area (Å²) in [6.45, 7) is -1.99. The largest absolute Gasteiger partial charge is 0.390 e. The Morgan fingerprint density at radius 1 is 1.25 bits per heavy atom. The normalized spacial score (nSPS) is 19.2. The first-order chi connectivity index (χ1) is 7.55. The quantitative estimate of drug-likeness (QED) is 0.729. The molecule has 5 heteroatoms. The third-order valence-electron chi connectivity index (χ3n) is 2.98. The Hall–Kier alpha value is -0.710. The van der Waals surface area contributed by atoms with Crippen molar-refractivity contribution in [3.63, 3.8) is 0 Å². The predicted octanol–water partition coefficient (Wildman–Crippen LogP) is 1.70. The number of alkyl halides is 2. The van der Waals surface area contributed by atoms with Crippen molar-refractivity contribution >= 4 is 5.91 Å². The Morgan fingerprint density at radius 2 is 1.81 bits per heavy atom. The number of halogens is 2. The van der Waals surface area contributed by atoms with Crippen LogP contribution in [-0.4, -0.2) is 30.1 Å². The van der Waals surface area contributed by atoms with Gasteiger partial charge in [-0.25, -0.2) is 8.78 Å². The highest BCUT2D eigenvalue weighted by atomic mass is 19.3. The number of nitrogens with one attached hydrogen (secondary N) is 1. The molecule has 0 aromatic carbocycles. The van der Waals surface area contributed by atoms with Crippen LogP contribution in [0.2, 0.25) is 0 Å². The van der Waals surface area contributed by atoms with Crippen LogP contribution < -0.4 is 5.32 Å². The molecule has 1 amide bonds. The van der Waals surface area contributed by atoms with Gasteiger partial charge in [0.05, 0.1) is 6.54 Å². The van der Waals surface area contributed by atoms with Gasteiger partial charge in [-0.1, -0.05) is 25.7 Å². The zero-order valence-corrected chi connectivity index (χ0v) is 9.35. The van der Waals surface area contributed by atoms with E-state index in [1.165, 1.54) is 0 Å². The second-order valence-electron chi connectivity index (χ2n) is 4.42. The molecule has 0 atom stereocenters. The predicted molar refractivity (Wildman–Crippen MR) is 56.2 cm³/mol. The number of amides is 1. The smallest absolute Gasteiger partial charge is 0.287 e. The van der Waals surface area contributed by atoms with Gasteiger partial charge in [0.15, 0.2) is 0 Å². The molecule has 3 nitrogen and oxygen atoms in total. The summed E-state index contributed by atoms with van der Waals surface area (Å²) in [7, 11) is 0. The SMILES string of the molecule is O=C(NCC(F)(F)CO)C1CCCCCC1. The highest BCUT2D eigenvalue weighted by Gasteiger charge is 2.29. The average molecular weight is 235 g/mol. The highest BCUT2D eigenvalue weighted by Crippen LogP contribution is 2.23. The van der Waals surface area contributed by atoms with Crippen LogP contribution in [0.25, 0.3) is 0 Å². The molecule has 0 aliphatic heterocycles. The summed E-state index contributed by atoms with van der Waals surface area (Å²) >= 11 is 0. The fraction of sp³-hybridized carbons (Fsp3) is 0.909. The van der Waals surface area contributed by atoms with E-state index in [1.807, 2.05) is 0 Å². The molecule has 1 aliphatic rings. The van der Waals surface area contributed by atoms with E-state index in [9.17, 15) is 13.6 Å². The second-order valence-corrected chi connectivity index (χ2v) is 4.42. The molecule has 0 aromatic heterocycles. The summed E-state index contributed by atoms with van der Waals surface area (Å²) in [6, 6.07) is 0. The van der Waals surface area contributed by atoms with Crippen molar-refractivity contribution < 1.29 is 18.7 Å². The van der Waals surface area contributed by atoms with E-state index in [0.717, 1.165) is 38.5 Å². The first-order valence-corrected chi connectivity index (χ1v) is 5.81. The van der Waals surface area contributed by atoms with Gasteiger partial charge in [0, 0.05) is 5.92 Å². The van der Waals surface area contributed by atoms with Gasteiger partial charge in [0.2, 0.25) is 5.91 Å². The van der Waals surface area contributed by atoms with Crippen LogP contribution in [0.4, 0.5) is 8.78 Å². The monoisotopic (exact) mass is 235 g/mol. The number of carbonyl (C=O) groups is 1. The number of aliphatic hydroxyl groups excluding tert-OH is 1. The van der Waals surface area contributed by atoms with Crippen LogP contribution in [-0.2, 0) is 4.79 Å². The molecule has 16 heavy (non-hydrogen) atoms. The van der Waals surface area contributed by atoms with Crippen molar-refractivity contribution in [2.45, 2.75) is 44.4 Å². The number of hydrogen-bond acceptors (Lipinski definition) is 2.